The molecular weight excluding hydrogens is 248 g/mol. The van der Waals surface area contributed by atoms with Gasteiger partial charge in [0.05, 0.1) is 5.60 Å². The Morgan fingerprint density at radius 2 is 1.79 bits per heavy atom. The van der Waals surface area contributed by atoms with Crippen molar-refractivity contribution in [3.63, 3.8) is 0 Å². The molecule has 0 spiro atoms. The van der Waals surface area contributed by atoms with E-state index in [1.807, 2.05) is 0 Å². The van der Waals surface area contributed by atoms with Crippen molar-refractivity contribution >= 4 is 8.32 Å². The Labute approximate surface area is 122 Å². The van der Waals surface area contributed by atoms with E-state index in [9.17, 15) is 0 Å². The van der Waals surface area contributed by atoms with Gasteiger partial charge in [0.25, 0.3) is 0 Å². The summed E-state index contributed by atoms with van der Waals surface area (Å²) < 4.78 is 6.60. The van der Waals surface area contributed by atoms with Crippen LogP contribution in [-0.4, -0.2) is 13.9 Å². The number of hydrogen-bond donors (Lipinski definition) is 0. The van der Waals surface area contributed by atoms with Crippen LogP contribution in [0, 0.1) is 5.92 Å². The summed E-state index contributed by atoms with van der Waals surface area (Å²) in [6.45, 7) is 16.2. The van der Waals surface area contributed by atoms with Gasteiger partial charge in [-0.05, 0) is 70.0 Å². The van der Waals surface area contributed by atoms with Crippen LogP contribution >= 0.6 is 0 Å². The smallest absolute Gasteiger partial charge is 0.192 e. The maximum atomic E-state index is 6.60. The third-order valence-electron chi connectivity index (χ3n) is 4.81. The highest BCUT2D eigenvalue weighted by Gasteiger charge is 2.41. The lowest BCUT2D eigenvalue weighted by atomic mass is 9.88. The van der Waals surface area contributed by atoms with Crippen molar-refractivity contribution in [3.8, 4) is 0 Å². The first-order valence-electron chi connectivity index (χ1n) is 7.90. The van der Waals surface area contributed by atoms with Crippen LogP contribution in [0.25, 0.3) is 0 Å². The van der Waals surface area contributed by atoms with Crippen molar-refractivity contribution in [1.29, 1.82) is 0 Å². The molecule has 1 nitrogen and oxygen atoms in total. The first-order chi connectivity index (χ1) is 8.54. The van der Waals surface area contributed by atoms with Crippen molar-refractivity contribution in [2.45, 2.75) is 90.5 Å². The minimum Gasteiger partial charge on any atom is -0.412 e. The summed E-state index contributed by atoms with van der Waals surface area (Å²) in [5.41, 5.74) is 0.0221. The third-order valence-corrected chi connectivity index (χ3v) is 9.48. The molecule has 0 aromatic heterocycles. The van der Waals surface area contributed by atoms with Crippen LogP contribution in [0.15, 0.2) is 12.2 Å². The molecule has 0 N–H and O–H groups in total. The zero-order chi connectivity index (χ0) is 14.7. The summed E-state index contributed by atoms with van der Waals surface area (Å²) in [7, 11) is -1.65. The summed E-state index contributed by atoms with van der Waals surface area (Å²) in [5, 5.41) is 0.301. The highest BCUT2D eigenvalue weighted by molar-refractivity contribution is 6.74. The fraction of sp³-hybridized carbons (Fsp3) is 0.882. The SMILES string of the molecule is CC(C)(CC[C@@H]1C=CCCC1)O[Si](C)(C)C(C)(C)C. The van der Waals surface area contributed by atoms with E-state index >= 15 is 0 Å². The Morgan fingerprint density at radius 1 is 1.16 bits per heavy atom. The standard InChI is InChI=1S/C17H34OSi/c1-16(2,3)19(6,7)18-17(4,5)14-13-15-11-9-8-10-12-15/h9,11,15H,8,10,12-14H2,1-7H3/t15-/m1/s1. The van der Waals surface area contributed by atoms with Gasteiger partial charge in [-0.2, -0.15) is 0 Å². The fourth-order valence-corrected chi connectivity index (χ4v) is 4.34. The molecule has 0 aromatic carbocycles. The minimum atomic E-state index is -1.65. The molecule has 1 atom stereocenters. The van der Waals surface area contributed by atoms with Gasteiger partial charge in [0.2, 0.25) is 0 Å². The maximum Gasteiger partial charge on any atom is 0.192 e. The van der Waals surface area contributed by atoms with Crippen molar-refractivity contribution in [2.75, 3.05) is 0 Å². The average Bonchev–Trinajstić information content (AvgIpc) is 2.25. The van der Waals surface area contributed by atoms with Gasteiger partial charge in [-0.25, -0.2) is 0 Å². The lowest BCUT2D eigenvalue weighted by molar-refractivity contribution is 0.0761. The van der Waals surface area contributed by atoms with Gasteiger partial charge < -0.3 is 4.43 Å². The molecule has 2 heteroatoms. The lowest BCUT2D eigenvalue weighted by Gasteiger charge is -2.43. The van der Waals surface area contributed by atoms with Gasteiger partial charge in [-0.3, -0.25) is 0 Å². The van der Waals surface area contributed by atoms with E-state index in [1.165, 1.54) is 32.1 Å². The van der Waals surface area contributed by atoms with E-state index in [0.717, 1.165) is 5.92 Å². The van der Waals surface area contributed by atoms with Gasteiger partial charge >= 0.3 is 0 Å². The monoisotopic (exact) mass is 282 g/mol. The molecule has 0 aliphatic heterocycles. The Kier molecular flexibility index (Phi) is 5.48. The van der Waals surface area contributed by atoms with Crippen molar-refractivity contribution < 1.29 is 4.43 Å². The van der Waals surface area contributed by atoms with E-state index in [2.05, 4.69) is 59.9 Å². The van der Waals surface area contributed by atoms with Crippen LogP contribution in [0.1, 0.15) is 66.7 Å². The summed E-state index contributed by atoms with van der Waals surface area (Å²) in [5.74, 6) is 0.788. The van der Waals surface area contributed by atoms with Gasteiger partial charge in [-0.15, -0.1) is 0 Å². The fourth-order valence-electron chi connectivity index (χ4n) is 2.55. The molecule has 1 rings (SSSR count). The molecule has 0 saturated carbocycles. The van der Waals surface area contributed by atoms with Gasteiger partial charge in [0.15, 0.2) is 8.32 Å². The number of allylic oxidation sites excluding steroid dienone is 2. The van der Waals surface area contributed by atoms with Crippen LogP contribution < -0.4 is 0 Å². The molecule has 112 valence electrons. The topological polar surface area (TPSA) is 9.23 Å². The van der Waals surface area contributed by atoms with Crippen molar-refractivity contribution in [2.24, 2.45) is 5.92 Å². The molecular formula is C17H34OSi. The molecule has 0 unspecified atom stereocenters. The van der Waals surface area contributed by atoms with Gasteiger partial charge in [0.1, 0.15) is 0 Å². The summed E-state index contributed by atoms with van der Waals surface area (Å²) in [4.78, 5) is 0. The predicted octanol–water partition coefficient (Wildman–Crippen LogP) is 5.92. The van der Waals surface area contributed by atoms with Crippen molar-refractivity contribution in [3.05, 3.63) is 12.2 Å². The van der Waals surface area contributed by atoms with E-state index in [-0.39, 0.29) is 5.60 Å². The Bertz CT molecular complexity index is 310. The van der Waals surface area contributed by atoms with Crippen LogP contribution in [0.2, 0.25) is 18.1 Å². The number of rotatable bonds is 5. The van der Waals surface area contributed by atoms with E-state index in [1.54, 1.807) is 0 Å². The molecule has 0 heterocycles. The lowest BCUT2D eigenvalue weighted by Crippen LogP contribution is -2.47. The molecule has 0 aromatic rings. The van der Waals surface area contributed by atoms with E-state index in [0.29, 0.717) is 5.04 Å². The quantitative estimate of drug-likeness (QED) is 0.449. The molecule has 0 radical (unpaired) electrons. The molecule has 0 bridgehead atoms. The van der Waals surface area contributed by atoms with E-state index in [4.69, 9.17) is 4.43 Å². The highest BCUT2D eigenvalue weighted by atomic mass is 28.4. The molecule has 19 heavy (non-hydrogen) atoms. The Hall–Kier alpha value is -0.0831. The largest absolute Gasteiger partial charge is 0.412 e. The second kappa shape index (κ2) is 6.13. The molecule has 1 aliphatic rings. The first kappa shape index (κ1) is 17.0. The maximum absolute atomic E-state index is 6.60. The number of hydrogen-bond acceptors (Lipinski definition) is 1. The predicted molar refractivity (Wildman–Crippen MR) is 88.1 cm³/mol. The second-order valence-corrected chi connectivity index (χ2v) is 13.0. The van der Waals surface area contributed by atoms with Crippen LogP contribution in [0.5, 0.6) is 0 Å². The van der Waals surface area contributed by atoms with Crippen LogP contribution in [0.4, 0.5) is 0 Å². The Morgan fingerprint density at radius 3 is 2.26 bits per heavy atom. The third kappa shape index (κ3) is 5.43. The summed E-state index contributed by atoms with van der Waals surface area (Å²) in [6.07, 6.45) is 11.2. The second-order valence-electron chi connectivity index (χ2n) is 8.28. The highest BCUT2D eigenvalue weighted by Crippen LogP contribution is 2.40. The normalized spacial score (nSPS) is 21.7. The zero-order valence-corrected chi connectivity index (χ0v) is 15.2. The molecule has 0 saturated heterocycles. The van der Waals surface area contributed by atoms with Gasteiger partial charge in [-0.1, -0.05) is 32.9 Å². The van der Waals surface area contributed by atoms with E-state index < -0.39 is 8.32 Å². The van der Waals surface area contributed by atoms with Crippen molar-refractivity contribution in [1.82, 2.24) is 0 Å². The average molecular weight is 283 g/mol. The first-order valence-corrected chi connectivity index (χ1v) is 10.8. The van der Waals surface area contributed by atoms with Crippen LogP contribution in [-0.2, 0) is 4.43 Å². The van der Waals surface area contributed by atoms with Crippen LogP contribution in [0.3, 0.4) is 0 Å². The minimum absolute atomic E-state index is 0.0221. The zero-order valence-electron chi connectivity index (χ0n) is 14.2. The van der Waals surface area contributed by atoms with Gasteiger partial charge in [0, 0.05) is 0 Å². The summed E-state index contributed by atoms with van der Waals surface area (Å²) in [6, 6.07) is 0. The Balaban J connectivity index is 2.51. The molecule has 0 amide bonds. The summed E-state index contributed by atoms with van der Waals surface area (Å²) >= 11 is 0. The molecule has 1 aliphatic carbocycles. The molecule has 0 fully saturated rings.